The van der Waals surface area contributed by atoms with Crippen LogP contribution in [0.25, 0.3) is 11.1 Å². The third-order valence-corrected chi connectivity index (χ3v) is 2.83. The third kappa shape index (κ3) is 2.40. The minimum atomic E-state index is 0.259. The standard InChI is InChI=1S/C12H8Cl2N2O/c13-7-1-2-8(10(14)5-7)9-3-4-12(15)16-11(9)6-17/h1-6H,(H2,15,16). The zero-order valence-corrected chi connectivity index (χ0v) is 10.2. The molecule has 0 saturated carbocycles. The van der Waals surface area contributed by atoms with Crippen molar-refractivity contribution in [3.8, 4) is 11.1 Å². The number of rotatable bonds is 2. The van der Waals surface area contributed by atoms with Crippen molar-refractivity contribution in [3.05, 3.63) is 46.1 Å². The lowest BCUT2D eigenvalue weighted by atomic mass is 10.0. The first-order valence-corrected chi connectivity index (χ1v) is 5.54. The summed E-state index contributed by atoms with van der Waals surface area (Å²) in [6.07, 6.45) is 0.649. The van der Waals surface area contributed by atoms with Crippen LogP contribution < -0.4 is 5.73 Å². The quantitative estimate of drug-likeness (QED) is 0.848. The number of benzene rings is 1. The van der Waals surface area contributed by atoms with E-state index in [1.54, 1.807) is 30.3 Å². The molecule has 2 rings (SSSR count). The number of hydrogen-bond donors (Lipinski definition) is 1. The molecule has 86 valence electrons. The van der Waals surface area contributed by atoms with Crippen molar-refractivity contribution in [2.24, 2.45) is 0 Å². The van der Waals surface area contributed by atoms with Crippen LogP contribution in [0.5, 0.6) is 0 Å². The fraction of sp³-hybridized carbons (Fsp3) is 0. The van der Waals surface area contributed by atoms with E-state index in [0.717, 1.165) is 0 Å². The van der Waals surface area contributed by atoms with Crippen molar-refractivity contribution in [2.45, 2.75) is 0 Å². The van der Waals surface area contributed by atoms with Crippen LogP contribution >= 0.6 is 23.2 Å². The molecule has 17 heavy (non-hydrogen) atoms. The number of carbonyl (C=O) groups is 1. The highest BCUT2D eigenvalue weighted by Gasteiger charge is 2.10. The number of halogens is 2. The van der Waals surface area contributed by atoms with Gasteiger partial charge in [0, 0.05) is 21.2 Å². The van der Waals surface area contributed by atoms with Crippen LogP contribution in [0.4, 0.5) is 5.82 Å². The lowest BCUT2D eigenvalue weighted by molar-refractivity contribution is 0.112. The Morgan fingerprint density at radius 1 is 1.12 bits per heavy atom. The Bertz CT molecular complexity index is 585. The summed E-state index contributed by atoms with van der Waals surface area (Å²) in [7, 11) is 0. The molecule has 0 radical (unpaired) electrons. The second kappa shape index (κ2) is 4.73. The second-order valence-electron chi connectivity index (χ2n) is 3.41. The van der Waals surface area contributed by atoms with Gasteiger partial charge in [-0.25, -0.2) is 4.98 Å². The SMILES string of the molecule is Nc1ccc(-c2ccc(Cl)cc2Cl)c(C=O)n1. The van der Waals surface area contributed by atoms with Gasteiger partial charge in [0.15, 0.2) is 6.29 Å². The molecule has 1 aromatic carbocycles. The molecule has 0 aliphatic carbocycles. The summed E-state index contributed by atoms with van der Waals surface area (Å²) in [4.78, 5) is 14.9. The van der Waals surface area contributed by atoms with E-state index in [4.69, 9.17) is 28.9 Å². The summed E-state index contributed by atoms with van der Waals surface area (Å²) in [5, 5.41) is 1.00. The number of pyridine rings is 1. The van der Waals surface area contributed by atoms with Crippen LogP contribution in [0.1, 0.15) is 10.5 Å². The molecular formula is C12H8Cl2N2O. The Morgan fingerprint density at radius 2 is 1.82 bits per heavy atom. The van der Waals surface area contributed by atoms with Crippen LogP contribution in [0.2, 0.25) is 10.0 Å². The molecule has 0 saturated heterocycles. The molecule has 5 heteroatoms. The number of aldehydes is 1. The Morgan fingerprint density at radius 3 is 2.47 bits per heavy atom. The Balaban J connectivity index is 2.63. The summed E-state index contributed by atoms with van der Waals surface area (Å²) in [5.74, 6) is 0.293. The van der Waals surface area contributed by atoms with Crippen molar-refractivity contribution in [2.75, 3.05) is 5.73 Å². The van der Waals surface area contributed by atoms with Crippen LogP contribution in [0.3, 0.4) is 0 Å². The van der Waals surface area contributed by atoms with Crippen LogP contribution in [0.15, 0.2) is 30.3 Å². The monoisotopic (exact) mass is 266 g/mol. The maximum Gasteiger partial charge on any atom is 0.169 e. The van der Waals surface area contributed by atoms with Gasteiger partial charge >= 0.3 is 0 Å². The van der Waals surface area contributed by atoms with E-state index in [9.17, 15) is 4.79 Å². The third-order valence-electron chi connectivity index (χ3n) is 2.28. The number of hydrogen-bond acceptors (Lipinski definition) is 3. The molecule has 0 fully saturated rings. The van der Waals surface area contributed by atoms with Gasteiger partial charge < -0.3 is 5.73 Å². The van der Waals surface area contributed by atoms with Gasteiger partial charge in [-0.1, -0.05) is 29.3 Å². The highest BCUT2D eigenvalue weighted by Crippen LogP contribution is 2.31. The first-order chi connectivity index (χ1) is 8.11. The molecule has 0 atom stereocenters. The zero-order chi connectivity index (χ0) is 12.4. The zero-order valence-electron chi connectivity index (χ0n) is 8.65. The minimum absolute atomic E-state index is 0.259. The predicted octanol–water partition coefficient (Wildman–Crippen LogP) is 3.45. The van der Waals surface area contributed by atoms with E-state index < -0.39 is 0 Å². The summed E-state index contributed by atoms with van der Waals surface area (Å²) in [6.45, 7) is 0. The average Bonchev–Trinajstić information content (AvgIpc) is 2.30. The van der Waals surface area contributed by atoms with Gasteiger partial charge in [0.25, 0.3) is 0 Å². The lowest BCUT2D eigenvalue weighted by Crippen LogP contribution is -1.97. The van der Waals surface area contributed by atoms with Gasteiger partial charge in [-0.15, -0.1) is 0 Å². The molecule has 2 N–H and O–H groups in total. The second-order valence-corrected chi connectivity index (χ2v) is 4.25. The Hall–Kier alpha value is -1.58. The van der Waals surface area contributed by atoms with E-state index >= 15 is 0 Å². The fourth-order valence-corrected chi connectivity index (χ4v) is 2.03. The summed E-state index contributed by atoms with van der Waals surface area (Å²) < 4.78 is 0. The number of anilines is 1. The van der Waals surface area contributed by atoms with Crippen LogP contribution in [0, 0.1) is 0 Å². The fourth-order valence-electron chi connectivity index (χ4n) is 1.52. The largest absolute Gasteiger partial charge is 0.384 e. The molecule has 1 aromatic heterocycles. The van der Waals surface area contributed by atoms with E-state index in [-0.39, 0.29) is 5.69 Å². The topological polar surface area (TPSA) is 56.0 Å². The number of nitrogens with zero attached hydrogens (tertiary/aromatic N) is 1. The molecule has 3 nitrogen and oxygen atoms in total. The van der Waals surface area contributed by atoms with Gasteiger partial charge in [0.05, 0.1) is 0 Å². The molecule has 2 aromatic rings. The van der Waals surface area contributed by atoms with Gasteiger partial charge in [-0.05, 0) is 24.3 Å². The number of nitrogen functional groups attached to an aromatic ring is 1. The lowest BCUT2D eigenvalue weighted by Gasteiger charge is -2.07. The molecule has 0 bridgehead atoms. The summed E-state index contributed by atoms with van der Waals surface area (Å²) in [5.41, 5.74) is 7.11. The summed E-state index contributed by atoms with van der Waals surface area (Å²) >= 11 is 11.9. The molecule has 0 aliphatic heterocycles. The number of aromatic nitrogens is 1. The van der Waals surface area contributed by atoms with Crippen molar-refractivity contribution in [1.82, 2.24) is 4.98 Å². The van der Waals surface area contributed by atoms with E-state index in [0.29, 0.717) is 33.3 Å². The van der Waals surface area contributed by atoms with Crippen LogP contribution in [-0.4, -0.2) is 11.3 Å². The van der Waals surface area contributed by atoms with Crippen LogP contribution in [-0.2, 0) is 0 Å². The van der Waals surface area contributed by atoms with Gasteiger partial charge in [-0.3, -0.25) is 4.79 Å². The van der Waals surface area contributed by atoms with Crippen molar-refractivity contribution in [1.29, 1.82) is 0 Å². The van der Waals surface area contributed by atoms with Crippen molar-refractivity contribution < 1.29 is 4.79 Å². The van der Waals surface area contributed by atoms with Gasteiger partial charge in [-0.2, -0.15) is 0 Å². The summed E-state index contributed by atoms with van der Waals surface area (Å²) in [6, 6.07) is 8.39. The molecular weight excluding hydrogens is 259 g/mol. The van der Waals surface area contributed by atoms with E-state index in [2.05, 4.69) is 4.98 Å². The highest BCUT2D eigenvalue weighted by molar-refractivity contribution is 6.36. The number of carbonyl (C=O) groups excluding carboxylic acids is 1. The molecule has 0 aliphatic rings. The minimum Gasteiger partial charge on any atom is -0.384 e. The molecule has 0 unspecified atom stereocenters. The normalized spacial score (nSPS) is 10.2. The predicted molar refractivity (Wildman–Crippen MR) is 69.5 cm³/mol. The maximum atomic E-state index is 10.9. The average molecular weight is 267 g/mol. The molecule has 0 spiro atoms. The van der Waals surface area contributed by atoms with Crippen molar-refractivity contribution >= 4 is 35.3 Å². The first kappa shape index (κ1) is 11.9. The molecule has 1 heterocycles. The van der Waals surface area contributed by atoms with Gasteiger partial charge in [0.2, 0.25) is 0 Å². The highest BCUT2D eigenvalue weighted by atomic mass is 35.5. The Kier molecular flexibility index (Phi) is 3.31. The van der Waals surface area contributed by atoms with E-state index in [1.165, 1.54) is 0 Å². The number of nitrogens with two attached hydrogens (primary N) is 1. The molecule has 0 amide bonds. The van der Waals surface area contributed by atoms with Crippen molar-refractivity contribution in [3.63, 3.8) is 0 Å². The van der Waals surface area contributed by atoms with E-state index in [1.807, 2.05) is 0 Å². The first-order valence-electron chi connectivity index (χ1n) is 4.79. The Labute approximate surface area is 108 Å². The smallest absolute Gasteiger partial charge is 0.169 e. The van der Waals surface area contributed by atoms with Gasteiger partial charge in [0.1, 0.15) is 11.5 Å². The maximum absolute atomic E-state index is 10.9.